The maximum Gasteiger partial charge on any atom is 0.255 e. The molecule has 0 aliphatic carbocycles. The second-order valence-corrected chi connectivity index (χ2v) is 9.14. The third-order valence-corrected chi connectivity index (χ3v) is 6.30. The number of carbonyl (C=O) groups is 3. The van der Waals surface area contributed by atoms with Gasteiger partial charge in [-0.2, -0.15) is 0 Å². The van der Waals surface area contributed by atoms with Crippen LogP contribution in [-0.2, 0) is 0 Å². The maximum absolute atomic E-state index is 12.2. The quantitative estimate of drug-likeness (QED) is 0.310. The summed E-state index contributed by atoms with van der Waals surface area (Å²) in [7, 11) is 0. The van der Waals surface area contributed by atoms with Gasteiger partial charge in [0.25, 0.3) is 11.8 Å². The highest BCUT2D eigenvalue weighted by Crippen LogP contribution is 2.36. The monoisotopic (exact) mass is 568 g/mol. The number of aliphatic hydroxyl groups is 1. The minimum absolute atomic E-state index is 0.184. The van der Waals surface area contributed by atoms with Gasteiger partial charge in [-0.1, -0.05) is 23.2 Å². The smallest absolute Gasteiger partial charge is 0.255 e. The minimum atomic E-state index is -0.757. The number of nitrogens with one attached hydrogen (secondary N) is 2. The first-order chi connectivity index (χ1) is 17.9. The number of hydrogen-bond donors (Lipinski definition) is 3. The van der Waals surface area contributed by atoms with Crippen LogP contribution in [0, 0.1) is 13.8 Å². The highest BCUT2D eigenvalue weighted by Gasteiger charge is 2.24. The predicted octanol–water partition coefficient (Wildman–Crippen LogP) is 5.85. The molecule has 0 spiro atoms. The van der Waals surface area contributed by atoms with E-state index in [0.717, 1.165) is 0 Å². The van der Waals surface area contributed by atoms with Crippen LogP contribution in [-0.4, -0.2) is 49.0 Å². The van der Waals surface area contributed by atoms with E-state index in [2.05, 4.69) is 10.6 Å². The molecule has 2 aromatic carbocycles. The fraction of sp³-hybridized carbons (Fsp3) is 0.464. The summed E-state index contributed by atoms with van der Waals surface area (Å²) in [6.07, 6.45) is -0.757. The van der Waals surface area contributed by atoms with E-state index in [-0.39, 0.29) is 17.6 Å². The summed E-state index contributed by atoms with van der Waals surface area (Å²) in [6.45, 7) is 15.6. The molecule has 2 rings (SSSR count). The van der Waals surface area contributed by atoms with E-state index in [1.54, 1.807) is 39.8 Å². The lowest BCUT2D eigenvalue weighted by atomic mass is 9.99. The Balaban J connectivity index is 0.000000380. The van der Waals surface area contributed by atoms with Gasteiger partial charge in [-0.25, -0.2) is 0 Å². The average molecular weight is 570 g/mol. The molecule has 8 nitrogen and oxygen atoms in total. The molecule has 0 heterocycles. The first-order valence-corrected chi connectivity index (χ1v) is 13.3. The van der Waals surface area contributed by atoms with Gasteiger partial charge >= 0.3 is 0 Å². The number of carbonyl (C=O) groups excluding carboxylic acids is 3. The molecule has 0 radical (unpaired) electrons. The number of Topliss-reactive ketones (excluding diaryl/α,β-unsaturated/α-hetero) is 1. The van der Waals surface area contributed by atoms with Crippen molar-refractivity contribution in [1.82, 2.24) is 10.6 Å². The van der Waals surface area contributed by atoms with E-state index in [4.69, 9.17) is 32.7 Å². The zero-order chi connectivity index (χ0) is 29.2. The highest BCUT2D eigenvalue weighted by molar-refractivity contribution is 6.33. The number of amides is 2. The molecule has 0 aliphatic rings. The Bertz CT molecular complexity index is 1170. The van der Waals surface area contributed by atoms with Crippen LogP contribution in [0.4, 0.5) is 0 Å². The SMILES string of the molecule is CCNC(=O)c1c(C)c(Cl)cc(C(C)=O)c1OCC.CCNC(=O)c1c(C)c(Cl)cc(C(C)O)c1OCC. The summed E-state index contributed by atoms with van der Waals surface area (Å²) in [5.41, 5.74) is 2.85. The zero-order valence-corrected chi connectivity index (χ0v) is 24.8. The largest absolute Gasteiger partial charge is 0.493 e. The molecule has 0 bridgehead atoms. The third-order valence-electron chi connectivity index (χ3n) is 5.52. The van der Waals surface area contributed by atoms with E-state index in [0.29, 0.717) is 81.2 Å². The number of benzene rings is 2. The Hall–Kier alpha value is -2.81. The van der Waals surface area contributed by atoms with Crippen LogP contribution in [0.1, 0.15) is 95.4 Å². The lowest BCUT2D eigenvalue weighted by Gasteiger charge is -2.19. The van der Waals surface area contributed by atoms with Gasteiger partial charge in [0.1, 0.15) is 11.5 Å². The second-order valence-electron chi connectivity index (χ2n) is 8.33. The van der Waals surface area contributed by atoms with Gasteiger partial charge in [0, 0.05) is 28.7 Å². The van der Waals surface area contributed by atoms with Gasteiger partial charge in [-0.15, -0.1) is 0 Å². The Labute approximate surface area is 235 Å². The number of aliphatic hydroxyl groups excluding tert-OH is 1. The van der Waals surface area contributed by atoms with Crippen molar-refractivity contribution < 1.29 is 29.0 Å². The van der Waals surface area contributed by atoms with Gasteiger partial charge in [-0.3, -0.25) is 14.4 Å². The molecule has 0 aromatic heterocycles. The molecule has 1 unspecified atom stereocenters. The summed E-state index contributed by atoms with van der Waals surface area (Å²) in [5.74, 6) is 0.00500. The molecule has 0 saturated heterocycles. The van der Waals surface area contributed by atoms with Gasteiger partial charge < -0.3 is 25.2 Å². The Morgan fingerprint density at radius 2 is 1.26 bits per heavy atom. The second kappa shape index (κ2) is 15.6. The Morgan fingerprint density at radius 1 is 0.842 bits per heavy atom. The number of hydrogen-bond acceptors (Lipinski definition) is 6. The van der Waals surface area contributed by atoms with Crippen molar-refractivity contribution in [1.29, 1.82) is 0 Å². The van der Waals surface area contributed by atoms with Crippen molar-refractivity contribution in [2.45, 2.75) is 61.5 Å². The number of rotatable bonds is 10. The van der Waals surface area contributed by atoms with Crippen molar-refractivity contribution in [3.8, 4) is 11.5 Å². The molecule has 1 atom stereocenters. The molecule has 0 saturated carbocycles. The van der Waals surface area contributed by atoms with E-state index in [9.17, 15) is 19.5 Å². The average Bonchev–Trinajstić information content (AvgIpc) is 2.84. The van der Waals surface area contributed by atoms with Gasteiger partial charge in [0.15, 0.2) is 5.78 Å². The fourth-order valence-corrected chi connectivity index (χ4v) is 4.10. The van der Waals surface area contributed by atoms with Crippen LogP contribution in [0.25, 0.3) is 0 Å². The van der Waals surface area contributed by atoms with Crippen LogP contribution in [0.15, 0.2) is 12.1 Å². The minimum Gasteiger partial charge on any atom is -0.493 e. The summed E-state index contributed by atoms with van der Waals surface area (Å²) >= 11 is 12.2. The summed E-state index contributed by atoms with van der Waals surface area (Å²) < 4.78 is 11.0. The molecule has 2 amide bonds. The van der Waals surface area contributed by atoms with Crippen molar-refractivity contribution in [2.75, 3.05) is 26.3 Å². The highest BCUT2D eigenvalue weighted by atomic mass is 35.5. The van der Waals surface area contributed by atoms with E-state index < -0.39 is 6.10 Å². The molecular weight excluding hydrogens is 531 g/mol. The molecular formula is C28H38Cl2N2O6. The first-order valence-electron chi connectivity index (χ1n) is 12.5. The Morgan fingerprint density at radius 3 is 1.66 bits per heavy atom. The fourth-order valence-electron chi connectivity index (χ4n) is 3.68. The molecule has 10 heteroatoms. The van der Waals surface area contributed by atoms with E-state index in [1.807, 2.05) is 20.8 Å². The van der Waals surface area contributed by atoms with Crippen molar-refractivity contribution in [3.05, 3.63) is 55.6 Å². The summed E-state index contributed by atoms with van der Waals surface area (Å²) in [5, 5.41) is 16.1. The normalized spacial score (nSPS) is 11.1. The van der Waals surface area contributed by atoms with Gasteiger partial charge in [-0.05, 0) is 78.6 Å². The van der Waals surface area contributed by atoms with Crippen LogP contribution < -0.4 is 20.1 Å². The third kappa shape index (κ3) is 8.09. The molecule has 0 aliphatic heterocycles. The summed E-state index contributed by atoms with van der Waals surface area (Å²) in [6, 6.07) is 3.20. The number of ketones is 1. The number of halogens is 2. The maximum atomic E-state index is 12.2. The topological polar surface area (TPSA) is 114 Å². The van der Waals surface area contributed by atoms with Crippen LogP contribution >= 0.6 is 23.2 Å². The van der Waals surface area contributed by atoms with Crippen molar-refractivity contribution in [3.63, 3.8) is 0 Å². The molecule has 210 valence electrons. The van der Waals surface area contributed by atoms with Crippen LogP contribution in [0.3, 0.4) is 0 Å². The Kier molecular flexibility index (Phi) is 13.6. The predicted molar refractivity (Wildman–Crippen MR) is 151 cm³/mol. The van der Waals surface area contributed by atoms with E-state index in [1.165, 1.54) is 6.92 Å². The summed E-state index contributed by atoms with van der Waals surface area (Å²) in [4.78, 5) is 36.0. The number of ether oxygens (including phenoxy) is 2. The molecule has 0 fully saturated rings. The van der Waals surface area contributed by atoms with E-state index >= 15 is 0 Å². The zero-order valence-electron chi connectivity index (χ0n) is 23.3. The van der Waals surface area contributed by atoms with Crippen molar-refractivity contribution in [2.24, 2.45) is 0 Å². The van der Waals surface area contributed by atoms with Gasteiger partial charge in [0.05, 0.1) is 36.0 Å². The lowest BCUT2D eigenvalue weighted by Crippen LogP contribution is -2.25. The standard InChI is InChI=1S/C14H20ClNO3.C14H18ClNO3/c2*1-5-16-14(18)12-8(3)11(15)7-10(9(4)17)13(12)19-6-2/h7,9,17H,5-6H2,1-4H3,(H,16,18);7H,5-6H2,1-4H3,(H,16,18). The lowest BCUT2D eigenvalue weighted by molar-refractivity contribution is 0.0941. The first kappa shape index (κ1) is 33.2. The van der Waals surface area contributed by atoms with Gasteiger partial charge in [0.2, 0.25) is 0 Å². The molecule has 38 heavy (non-hydrogen) atoms. The molecule has 3 N–H and O–H groups in total. The van der Waals surface area contributed by atoms with Crippen LogP contribution in [0.2, 0.25) is 10.0 Å². The molecule has 2 aromatic rings. The van der Waals surface area contributed by atoms with Crippen molar-refractivity contribution >= 4 is 40.8 Å². The van der Waals surface area contributed by atoms with Crippen LogP contribution in [0.5, 0.6) is 11.5 Å².